The van der Waals surface area contributed by atoms with Gasteiger partial charge in [0.1, 0.15) is 0 Å². The molecule has 1 rings (SSSR count). The Morgan fingerprint density at radius 1 is 1.17 bits per heavy atom. The molecule has 3 heteroatoms. The van der Waals surface area contributed by atoms with Crippen LogP contribution in [0, 0.1) is 5.50 Å². The van der Waals surface area contributed by atoms with Crippen LogP contribution in [0.2, 0.25) is 13.1 Å². The Kier molecular flexibility index (Phi) is 5.28. The smallest absolute Gasteiger partial charge is 0.351 e. The van der Waals surface area contributed by atoms with Crippen molar-refractivity contribution in [3.63, 3.8) is 0 Å². The molecule has 1 aromatic carbocycles. The largest absolute Gasteiger partial charge is 1.00 e. The molecule has 0 heterocycles. The van der Waals surface area contributed by atoms with E-state index >= 15 is 0 Å². The van der Waals surface area contributed by atoms with E-state index in [2.05, 4.69) is 37.4 Å². The average Bonchev–Trinajstić information content (AvgIpc) is 2.06. The molecule has 0 fully saturated rings. The summed E-state index contributed by atoms with van der Waals surface area (Å²) in [4.78, 5) is 0. The van der Waals surface area contributed by atoms with Gasteiger partial charge >= 0.3 is 18.9 Å². The molecular formula is C9H12ClLiSi. The van der Waals surface area contributed by atoms with Crippen molar-refractivity contribution >= 4 is 24.9 Å². The Labute approximate surface area is 92.5 Å². The molecule has 0 spiro atoms. The summed E-state index contributed by atoms with van der Waals surface area (Å²) in [6.45, 7) is 4.46. The number of hydrogen-bond donors (Lipinski definition) is 0. The summed E-state index contributed by atoms with van der Waals surface area (Å²) in [6, 6.07) is 10.4. The van der Waals surface area contributed by atoms with Gasteiger partial charge in [-0.05, 0) is 0 Å². The number of hydrogen-bond acceptors (Lipinski definition) is 0. The van der Waals surface area contributed by atoms with Gasteiger partial charge in [0.2, 0.25) is 0 Å². The third-order valence-corrected chi connectivity index (χ3v) is 5.79. The third-order valence-electron chi connectivity index (χ3n) is 1.79. The zero-order chi connectivity index (χ0) is 8.32. The summed E-state index contributed by atoms with van der Waals surface area (Å²) in [6.07, 6.45) is 0. The fourth-order valence-corrected chi connectivity index (χ4v) is 2.49. The van der Waals surface area contributed by atoms with Crippen LogP contribution >= 0.6 is 11.6 Å². The molecule has 0 aliphatic carbocycles. The van der Waals surface area contributed by atoms with Gasteiger partial charge in [-0.3, -0.25) is 0 Å². The summed E-state index contributed by atoms with van der Waals surface area (Å²) in [5, 5.41) is 1.38. The van der Waals surface area contributed by atoms with Crippen molar-refractivity contribution in [3.05, 3.63) is 35.8 Å². The van der Waals surface area contributed by atoms with Crippen LogP contribution in [0.25, 0.3) is 0 Å². The molecule has 1 aromatic rings. The minimum absolute atomic E-state index is 0. The topological polar surface area (TPSA) is 0 Å². The van der Waals surface area contributed by atoms with E-state index in [1.807, 2.05) is 11.6 Å². The first kappa shape index (κ1) is 12.3. The Bertz CT molecular complexity index is 223. The molecule has 0 atom stereocenters. The molecule has 0 saturated heterocycles. The second kappa shape index (κ2) is 5.14. The summed E-state index contributed by atoms with van der Waals surface area (Å²) < 4.78 is 0. The Morgan fingerprint density at radius 3 is 2.08 bits per heavy atom. The molecule has 0 bridgehead atoms. The van der Waals surface area contributed by atoms with Crippen molar-refractivity contribution < 1.29 is 18.9 Å². The maximum atomic E-state index is 5.76. The summed E-state index contributed by atoms with van der Waals surface area (Å²) in [7, 11) is -1.41. The van der Waals surface area contributed by atoms with Gasteiger partial charge in [-0.15, -0.1) is 0 Å². The second-order valence-electron chi connectivity index (χ2n) is 3.20. The van der Waals surface area contributed by atoms with Gasteiger partial charge in [0.25, 0.3) is 0 Å². The predicted molar refractivity (Wildman–Crippen MR) is 53.7 cm³/mol. The fraction of sp³-hybridized carbons (Fsp3) is 0.222. The van der Waals surface area contributed by atoms with Gasteiger partial charge in [-0.2, -0.15) is 0 Å². The fourth-order valence-electron chi connectivity index (χ4n) is 0.931. The van der Waals surface area contributed by atoms with Crippen molar-refractivity contribution in [1.29, 1.82) is 0 Å². The van der Waals surface area contributed by atoms with E-state index in [4.69, 9.17) is 11.6 Å². The van der Waals surface area contributed by atoms with Gasteiger partial charge in [0, 0.05) is 0 Å². The van der Waals surface area contributed by atoms with E-state index < -0.39 is 8.07 Å². The van der Waals surface area contributed by atoms with E-state index in [1.54, 1.807) is 0 Å². The summed E-state index contributed by atoms with van der Waals surface area (Å²) in [5.41, 5.74) is 1.84. The Morgan fingerprint density at radius 2 is 1.67 bits per heavy atom. The molecule has 0 aromatic heterocycles. The van der Waals surface area contributed by atoms with E-state index in [-0.39, 0.29) is 18.9 Å². The van der Waals surface area contributed by atoms with Crippen molar-refractivity contribution in [2.45, 2.75) is 13.1 Å². The second-order valence-corrected chi connectivity index (χ2v) is 8.09. The maximum absolute atomic E-state index is 5.76. The number of rotatable bonds is 2. The van der Waals surface area contributed by atoms with Crippen molar-refractivity contribution in [2.75, 3.05) is 0 Å². The quantitative estimate of drug-likeness (QED) is 0.438. The Hall–Kier alpha value is 0.324. The summed E-state index contributed by atoms with van der Waals surface area (Å²) >= 11 is 5.76. The normalized spacial score (nSPS) is 10.6. The van der Waals surface area contributed by atoms with Crippen LogP contribution in [0.5, 0.6) is 0 Å². The molecule has 0 aliphatic rings. The van der Waals surface area contributed by atoms with Crippen LogP contribution in [0.3, 0.4) is 0 Å². The van der Waals surface area contributed by atoms with Crippen LogP contribution in [-0.2, 0) is 0 Å². The number of halogens is 1. The summed E-state index contributed by atoms with van der Waals surface area (Å²) in [5.74, 6) is 0. The number of benzene rings is 1. The minimum Gasteiger partial charge on any atom is -0.351 e. The monoisotopic (exact) mass is 190 g/mol. The molecular weight excluding hydrogens is 179 g/mol. The van der Waals surface area contributed by atoms with Crippen LogP contribution in [0.4, 0.5) is 0 Å². The third kappa shape index (κ3) is 2.99. The van der Waals surface area contributed by atoms with Crippen molar-refractivity contribution in [3.8, 4) is 0 Å². The van der Waals surface area contributed by atoms with Crippen LogP contribution < -0.4 is 24.0 Å². The molecule has 0 aliphatic heterocycles. The van der Waals surface area contributed by atoms with E-state index in [9.17, 15) is 0 Å². The van der Waals surface area contributed by atoms with E-state index in [0.29, 0.717) is 0 Å². The van der Waals surface area contributed by atoms with E-state index in [0.717, 1.165) is 0 Å². The van der Waals surface area contributed by atoms with Gasteiger partial charge in [0.05, 0.1) is 0 Å². The van der Waals surface area contributed by atoms with Crippen LogP contribution in [0.15, 0.2) is 30.3 Å². The maximum Gasteiger partial charge on any atom is 1.00 e. The SMILES string of the molecule is C[Si](C)([CH-]Cl)c1ccccc1.[Li+]. The molecule has 0 nitrogen and oxygen atoms in total. The molecule has 0 N–H and O–H groups in total. The molecule has 0 saturated carbocycles. The zero-order valence-corrected chi connectivity index (χ0v) is 9.60. The predicted octanol–water partition coefficient (Wildman–Crippen LogP) is -0.454. The van der Waals surface area contributed by atoms with Gasteiger partial charge in [-0.1, -0.05) is 56.7 Å². The van der Waals surface area contributed by atoms with Crippen LogP contribution in [-0.4, -0.2) is 8.07 Å². The van der Waals surface area contributed by atoms with Crippen LogP contribution in [0.1, 0.15) is 0 Å². The molecule has 0 radical (unpaired) electrons. The van der Waals surface area contributed by atoms with Gasteiger partial charge in [0.15, 0.2) is 0 Å². The molecule has 12 heavy (non-hydrogen) atoms. The first-order chi connectivity index (χ1) is 5.17. The molecule has 0 unspecified atom stereocenters. The Balaban J connectivity index is 0.00000121. The van der Waals surface area contributed by atoms with Crippen molar-refractivity contribution in [2.24, 2.45) is 0 Å². The van der Waals surface area contributed by atoms with Crippen molar-refractivity contribution in [1.82, 2.24) is 0 Å². The van der Waals surface area contributed by atoms with Gasteiger partial charge in [-0.25, -0.2) is 5.50 Å². The van der Waals surface area contributed by atoms with E-state index in [1.165, 1.54) is 5.19 Å². The zero-order valence-electron chi connectivity index (χ0n) is 7.84. The first-order valence-electron chi connectivity index (χ1n) is 3.67. The standard InChI is InChI=1S/C9H12ClSi.Li/c1-11(2,8-10)9-6-4-3-5-7-9;/h3-8H,1-2H3;/q-1;+1. The minimum atomic E-state index is -1.41. The van der Waals surface area contributed by atoms with Gasteiger partial charge < -0.3 is 11.6 Å². The molecule has 0 amide bonds. The molecule has 60 valence electrons. The first-order valence-corrected chi connectivity index (χ1v) is 7.18. The average molecular weight is 191 g/mol.